The Kier molecular flexibility index (Phi) is 7.27. The summed E-state index contributed by atoms with van der Waals surface area (Å²) in [7, 11) is -1.50. The van der Waals surface area contributed by atoms with E-state index in [1.807, 2.05) is 0 Å². The predicted molar refractivity (Wildman–Crippen MR) is 163 cm³/mol. The normalized spacial score (nSPS) is 13.3. The van der Waals surface area contributed by atoms with E-state index in [-0.39, 0.29) is 12.1 Å². The molecule has 0 bridgehead atoms. The van der Waals surface area contributed by atoms with Crippen molar-refractivity contribution < 1.29 is 8.39 Å². The fraction of sp³-hybridized carbons (Fsp3) is 0.294. The van der Waals surface area contributed by atoms with Gasteiger partial charge in [-0.2, -0.15) is 4.67 Å². The number of fused-ring (bicyclic) bond motifs is 3. The van der Waals surface area contributed by atoms with Crippen LogP contribution in [-0.4, -0.2) is 0 Å². The second kappa shape index (κ2) is 10.5. The van der Waals surface area contributed by atoms with Crippen LogP contribution in [0.2, 0.25) is 0 Å². The van der Waals surface area contributed by atoms with Crippen LogP contribution in [0.25, 0.3) is 21.9 Å². The van der Waals surface area contributed by atoms with Crippen LogP contribution in [0, 0.1) is 41.5 Å². The van der Waals surface area contributed by atoms with E-state index in [0.29, 0.717) is 0 Å². The summed E-state index contributed by atoms with van der Waals surface area (Å²) in [5, 5.41) is 2.30. The quantitative estimate of drug-likeness (QED) is 0.229. The maximum Gasteiger partial charge on any atom is 0.310 e. The van der Waals surface area contributed by atoms with E-state index in [1.54, 1.807) is 0 Å². The first-order valence-corrected chi connectivity index (χ1v) is 14.6. The summed E-state index contributed by atoms with van der Waals surface area (Å²) in [6, 6.07) is 26.0. The third-order valence-electron chi connectivity index (χ3n) is 8.26. The molecular formula is C34H38NO2P. The molecule has 0 fully saturated rings. The van der Waals surface area contributed by atoms with Crippen LogP contribution in [0.15, 0.2) is 81.2 Å². The molecule has 1 heterocycles. The van der Waals surface area contributed by atoms with Gasteiger partial charge in [-0.3, -0.25) is 0 Å². The highest BCUT2D eigenvalue weighted by atomic mass is 31.1. The van der Waals surface area contributed by atoms with Gasteiger partial charge >= 0.3 is 8.16 Å². The molecule has 0 spiro atoms. The van der Waals surface area contributed by atoms with Crippen LogP contribution < -0.4 is 4.67 Å². The Balaban J connectivity index is 1.87. The largest absolute Gasteiger partial charge is 0.408 e. The molecule has 5 rings (SSSR count). The highest BCUT2D eigenvalue weighted by molar-refractivity contribution is 7.39. The molecule has 3 nitrogen and oxygen atoms in total. The maximum atomic E-state index is 6.97. The molecule has 0 amide bonds. The Morgan fingerprint density at radius 3 is 1.32 bits per heavy atom. The molecule has 38 heavy (non-hydrogen) atoms. The van der Waals surface area contributed by atoms with Gasteiger partial charge in [0.1, 0.15) is 11.2 Å². The fourth-order valence-corrected chi connectivity index (χ4v) is 7.33. The van der Waals surface area contributed by atoms with Crippen molar-refractivity contribution in [2.45, 2.75) is 67.5 Å². The lowest BCUT2D eigenvalue weighted by Crippen LogP contribution is -2.28. The molecule has 5 aromatic rings. The van der Waals surface area contributed by atoms with Crippen molar-refractivity contribution in [2.24, 2.45) is 0 Å². The summed E-state index contributed by atoms with van der Waals surface area (Å²) >= 11 is 0. The Labute approximate surface area is 227 Å². The first-order chi connectivity index (χ1) is 18.2. The monoisotopic (exact) mass is 523 g/mol. The summed E-state index contributed by atoms with van der Waals surface area (Å²) in [5.41, 5.74) is 11.9. The van der Waals surface area contributed by atoms with Gasteiger partial charge in [0.25, 0.3) is 0 Å². The highest BCUT2D eigenvalue weighted by Gasteiger charge is 2.30. The van der Waals surface area contributed by atoms with E-state index in [1.165, 1.54) is 44.5 Å². The second-order valence-corrected chi connectivity index (χ2v) is 11.9. The van der Waals surface area contributed by atoms with Crippen LogP contribution in [0.4, 0.5) is 0 Å². The van der Waals surface area contributed by atoms with Crippen molar-refractivity contribution in [3.05, 3.63) is 117 Å². The molecule has 2 atom stereocenters. The average molecular weight is 524 g/mol. The molecule has 196 valence electrons. The molecule has 0 saturated heterocycles. The Morgan fingerprint density at radius 2 is 0.921 bits per heavy atom. The van der Waals surface area contributed by atoms with E-state index in [2.05, 4.69) is 133 Å². The lowest BCUT2D eigenvalue weighted by Gasteiger charge is -2.33. The minimum atomic E-state index is -1.50. The molecule has 0 aliphatic heterocycles. The summed E-state index contributed by atoms with van der Waals surface area (Å²) < 4.78 is 16.4. The number of rotatable bonds is 5. The third kappa shape index (κ3) is 4.59. The fourth-order valence-electron chi connectivity index (χ4n) is 5.65. The van der Waals surface area contributed by atoms with E-state index in [9.17, 15) is 0 Å². The van der Waals surface area contributed by atoms with Gasteiger partial charge in [-0.05, 0) is 112 Å². The number of hydrogen-bond donors (Lipinski definition) is 0. The molecule has 0 saturated carbocycles. The molecular weight excluding hydrogens is 485 g/mol. The lowest BCUT2D eigenvalue weighted by molar-refractivity contribution is 0.556. The minimum Gasteiger partial charge on any atom is -0.408 e. The van der Waals surface area contributed by atoms with E-state index < -0.39 is 8.16 Å². The van der Waals surface area contributed by atoms with Gasteiger partial charge in [0.2, 0.25) is 0 Å². The molecule has 0 unspecified atom stereocenters. The van der Waals surface area contributed by atoms with Crippen molar-refractivity contribution in [2.75, 3.05) is 4.67 Å². The minimum absolute atomic E-state index is 0.0695. The summed E-state index contributed by atoms with van der Waals surface area (Å²) in [5.74, 6) is 0. The molecule has 0 aliphatic rings. The van der Waals surface area contributed by atoms with E-state index in [4.69, 9.17) is 8.39 Å². The number of hydrogen-bond acceptors (Lipinski definition) is 3. The number of benzene rings is 4. The molecule has 0 radical (unpaired) electrons. The highest BCUT2D eigenvalue weighted by Crippen LogP contribution is 2.47. The Morgan fingerprint density at radius 1 is 0.526 bits per heavy atom. The average Bonchev–Trinajstić information content (AvgIpc) is 3.06. The second-order valence-electron chi connectivity index (χ2n) is 10.6. The van der Waals surface area contributed by atoms with Crippen molar-refractivity contribution in [3.63, 3.8) is 0 Å². The van der Waals surface area contributed by atoms with Gasteiger partial charge in [0, 0.05) is 22.9 Å². The molecule has 1 aromatic heterocycles. The van der Waals surface area contributed by atoms with Crippen LogP contribution in [0.1, 0.15) is 70.4 Å². The zero-order chi connectivity index (χ0) is 27.1. The zero-order valence-electron chi connectivity index (χ0n) is 23.8. The van der Waals surface area contributed by atoms with E-state index >= 15 is 0 Å². The van der Waals surface area contributed by atoms with Gasteiger partial charge in [-0.15, -0.1) is 0 Å². The van der Waals surface area contributed by atoms with Crippen molar-refractivity contribution >= 4 is 30.1 Å². The first-order valence-electron chi connectivity index (χ1n) is 13.4. The lowest BCUT2D eigenvalue weighted by atomic mass is 9.97. The maximum absolute atomic E-state index is 6.97. The first kappa shape index (κ1) is 26.4. The summed E-state index contributed by atoms with van der Waals surface area (Å²) in [6.07, 6.45) is 0. The standard InChI is InChI=1S/C34H38NO2P/c1-21-17-19-31-33(25(21)5)34-26(6)22(2)18-20-32(34)37-38(36-31)35(27(7)29-15-11-9-13-23(29)3)28(8)30-16-12-10-14-24(30)4/h9-20,27-28H,1-8H3/t27-,28-/m0/s1. The van der Waals surface area contributed by atoms with Crippen molar-refractivity contribution in [1.82, 2.24) is 0 Å². The van der Waals surface area contributed by atoms with Gasteiger partial charge in [-0.25, -0.2) is 0 Å². The summed E-state index contributed by atoms with van der Waals surface area (Å²) in [4.78, 5) is 0. The Bertz CT molecular complexity index is 1560. The van der Waals surface area contributed by atoms with Gasteiger partial charge < -0.3 is 8.39 Å². The Hall–Kier alpha value is -3.26. The zero-order valence-corrected chi connectivity index (χ0v) is 24.7. The molecule has 0 aliphatic carbocycles. The number of aryl methyl sites for hydroxylation is 6. The smallest absolute Gasteiger partial charge is 0.310 e. The molecule has 0 N–H and O–H groups in total. The predicted octanol–water partition coefficient (Wildman–Crippen LogP) is 10.6. The van der Waals surface area contributed by atoms with Crippen molar-refractivity contribution in [1.29, 1.82) is 0 Å². The molecule has 4 heteroatoms. The summed E-state index contributed by atoms with van der Waals surface area (Å²) in [6.45, 7) is 17.7. The van der Waals surface area contributed by atoms with E-state index in [0.717, 1.165) is 21.9 Å². The third-order valence-corrected chi connectivity index (χ3v) is 10.0. The molecule has 4 aromatic carbocycles. The van der Waals surface area contributed by atoms with Gasteiger partial charge in [0.05, 0.1) is 0 Å². The van der Waals surface area contributed by atoms with Gasteiger partial charge in [-0.1, -0.05) is 60.7 Å². The van der Waals surface area contributed by atoms with Gasteiger partial charge in [0.15, 0.2) is 0 Å². The SMILES string of the molecule is Cc1ccccc1[C@H](C)N([C@@H](C)c1ccccc1C)p1oc2ccc(C)c(C)c2c2c(C)c(C)ccc2o1. The number of nitrogens with zero attached hydrogens (tertiary/aromatic N) is 1. The van der Waals surface area contributed by atoms with Crippen LogP contribution in [0.3, 0.4) is 0 Å². The van der Waals surface area contributed by atoms with Crippen LogP contribution in [-0.2, 0) is 0 Å². The van der Waals surface area contributed by atoms with Crippen molar-refractivity contribution in [3.8, 4) is 0 Å². The van der Waals surface area contributed by atoms with Crippen LogP contribution in [0.5, 0.6) is 0 Å². The van der Waals surface area contributed by atoms with Crippen LogP contribution >= 0.6 is 8.16 Å². The topological polar surface area (TPSA) is 29.5 Å².